The van der Waals surface area contributed by atoms with Gasteiger partial charge in [0, 0.05) is 18.4 Å². The Labute approximate surface area is 113 Å². The van der Waals surface area contributed by atoms with Crippen LogP contribution >= 0.6 is 0 Å². The molecular formula is C13H12F3N3O. The summed E-state index contributed by atoms with van der Waals surface area (Å²) in [5.74, 6) is 0. The van der Waals surface area contributed by atoms with E-state index >= 15 is 0 Å². The third-order valence-electron chi connectivity index (χ3n) is 2.36. The molecule has 1 aromatic heterocycles. The number of rotatable bonds is 5. The number of nitrogens with one attached hydrogen (secondary N) is 1. The lowest BCUT2D eigenvalue weighted by molar-refractivity contribution is -0.141. The predicted octanol–water partition coefficient (Wildman–Crippen LogP) is 2.99. The van der Waals surface area contributed by atoms with Crippen LogP contribution in [-0.4, -0.2) is 23.1 Å². The van der Waals surface area contributed by atoms with Gasteiger partial charge in [0.05, 0.1) is 0 Å². The van der Waals surface area contributed by atoms with Gasteiger partial charge in [0.25, 0.3) is 0 Å². The summed E-state index contributed by atoms with van der Waals surface area (Å²) in [5, 5.41) is 3.06. The number of nitrogens with zero attached hydrogens (tertiary/aromatic N) is 2. The Balaban J connectivity index is 1.83. The van der Waals surface area contributed by atoms with Gasteiger partial charge in [-0.3, -0.25) is 0 Å². The van der Waals surface area contributed by atoms with Crippen LogP contribution in [0.3, 0.4) is 0 Å². The Hall–Kier alpha value is -2.31. The Morgan fingerprint density at radius 1 is 1.10 bits per heavy atom. The van der Waals surface area contributed by atoms with E-state index in [2.05, 4.69) is 15.3 Å². The second-order valence-corrected chi connectivity index (χ2v) is 3.86. The van der Waals surface area contributed by atoms with Crippen molar-refractivity contribution in [1.29, 1.82) is 0 Å². The third kappa shape index (κ3) is 4.11. The normalized spacial score (nSPS) is 11.2. The zero-order valence-electron chi connectivity index (χ0n) is 10.4. The fourth-order valence-electron chi connectivity index (χ4n) is 1.46. The Kier molecular flexibility index (Phi) is 4.39. The lowest BCUT2D eigenvalue weighted by Gasteiger charge is -2.09. The monoisotopic (exact) mass is 283 g/mol. The fourth-order valence-corrected chi connectivity index (χ4v) is 1.46. The first-order valence-corrected chi connectivity index (χ1v) is 5.88. The van der Waals surface area contributed by atoms with Gasteiger partial charge in [-0.1, -0.05) is 18.2 Å². The topological polar surface area (TPSA) is 47.0 Å². The maximum absolute atomic E-state index is 12.4. The number of para-hydroxylation sites is 1. The number of ether oxygens (including phenoxy) is 1. The van der Waals surface area contributed by atoms with Crippen LogP contribution in [0.2, 0.25) is 0 Å². The molecule has 2 rings (SSSR count). The van der Waals surface area contributed by atoms with Crippen molar-refractivity contribution < 1.29 is 17.9 Å². The average Bonchev–Trinajstić information content (AvgIpc) is 2.44. The minimum Gasteiger partial charge on any atom is -0.462 e. The number of anilines is 1. The number of halogens is 3. The maximum Gasteiger partial charge on any atom is 0.433 e. The molecule has 1 heterocycles. The van der Waals surface area contributed by atoms with E-state index in [0.717, 1.165) is 18.0 Å². The van der Waals surface area contributed by atoms with Crippen LogP contribution in [0.25, 0.3) is 0 Å². The van der Waals surface area contributed by atoms with Gasteiger partial charge in [-0.15, -0.1) is 0 Å². The van der Waals surface area contributed by atoms with Crippen LogP contribution in [0.5, 0.6) is 6.01 Å². The molecule has 0 spiro atoms. The van der Waals surface area contributed by atoms with E-state index in [4.69, 9.17) is 4.74 Å². The second kappa shape index (κ2) is 6.23. The molecule has 2 aromatic rings. The van der Waals surface area contributed by atoms with E-state index in [1.165, 1.54) is 0 Å². The molecule has 0 saturated heterocycles. The van der Waals surface area contributed by atoms with Crippen molar-refractivity contribution in [2.75, 3.05) is 18.5 Å². The van der Waals surface area contributed by atoms with Crippen molar-refractivity contribution in [2.24, 2.45) is 0 Å². The molecule has 0 bridgehead atoms. The SMILES string of the molecule is FC(F)(F)c1ccnc(OCCNc2ccccc2)n1. The first-order valence-electron chi connectivity index (χ1n) is 5.88. The molecule has 7 heteroatoms. The molecule has 0 unspecified atom stereocenters. The number of aromatic nitrogens is 2. The summed E-state index contributed by atoms with van der Waals surface area (Å²) in [6.45, 7) is 0.597. The van der Waals surface area contributed by atoms with Gasteiger partial charge in [0.15, 0.2) is 5.69 Å². The second-order valence-electron chi connectivity index (χ2n) is 3.86. The van der Waals surface area contributed by atoms with Crippen LogP contribution < -0.4 is 10.1 Å². The van der Waals surface area contributed by atoms with Crippen molar-refractivity contribution in [2.45, 2.75) is 6.18 Å². The van der Waals surface area contributed by atoms with E-state index in [1.807, 2.05) is 30.3 Å². The minimum absolute atomic E-state index is 0.163. The molecule has 0 aliphatic carbocycles. The molecule has 1 aromatic carbocycles. The Morgan fingerprint density at radius 2 is 1.85 bits per heavy atom. The third-order valence-corrected chi connectivity index (χ3v) is 2.36. The zero-order valence-corrected chi connectivity index (χ0v) is 10.4. The molecule has 0 radical (unpaired) electrons. The van der Waals surface area contributed by atoms with Crippen molar-refractivity contribution in [1.82, 2.24) is 9.97 Å². The molecule has 20 heavy (non-hydrogen) atoms. The summed E-state index contributed by atoms with van der Waals surface area (Å²) < 4.78 is 42.3. The van der Waals surface area contributed by atoms with E-state index in [-0.39, 0.29) is 12.6 Å². The summed E-state index contributed by atoms with van der Waals surface area (Å²) in [7, 11) is 0. The number of alkyl halides is 3. The van der Waals surface area contributed by atoms with Gasteiger partial charge in [-0.2, -0.15) is 18.2 Å². The molecule has 0 atom stereocenters. The van der Waals surface area contributed by atoms with Crippen molar-refractivity contribution in [3.8, 4) is 6.01 Å². The smallest absolute Gasteiger partial charge is 0.433 e. The van der Waals surface area contributed by atoms with E-state index in [9.17, 15) is 13.2 Å². The Morgan fingerprint density at radius 3 is 2.55 bits per heavy atom. The molecular weight excluding hydrogens is 271 g/mol. The maximum atomic E-state index is 12.4. The van der Waals surface area contributed by atoms with E-state index < -0.39 is 11.9 Å². The minimum atomic E-state index is -4.50. The van der Waals surface area contributed by atoms with Crippen molar-refractivity contribution in [3.63, 3.8) is 0 Å². The highest BCUT2D eigenvalue weighted by atomic mass is 19.4. The average molecular weight is 283 g/mol. The van der Waals surface area contributed by atoms with E-state index in [0.29, 0.717) is 6.54 Å². The highest BCUT2D eigenvalue weighted by Gasteiger charge is 2.32. The molecule has 0 saturated carbocycles. The summed E-state index contributed by atoms with van der Waals surface area (Å²) in [6, 6.07) is 9.90. The van der Waals surface area contributed by atoms with Crippen LogP contribution in [0.4, 0.5) is 18.9 Å². The first kappa shape index (κ1) is 14.1. The van der Waals surface area contributed by atoms with Gasteiger partial charge in [-0.05, 0) is 18.2 Å². The fraction of sp³-hybridized carbons (Fsp3) is 0.231. The van der Waals surface area contributed by atoms with Crippen LogP contribution in [0, 0.1) is 0 Å². The number of hydrogen-bond donors (Lipinski definition) is 1. The van der Waals surface area contributed by atoms with Gasteiger partial charge in [-0.25, -0.2) is 4.98 Å². The highest BCUT2D eigenvalue weighted by molar-refractivity contribution is 5.42. The molecule has 0 amide bonds. The highest BCUT2D eigenvalue weighted by Crippen LogP contribution is 2.27. The molecule has 106 valence electrons. The van der Waals surface area contributed by atoms with Crippen molar-refractivity contribution >= 4 is 5.69 Å². The molecule has 0 aliphatic rings. The van der Waals surface area contributed by atoms with Gasteiger partial charge < -0.3 is 10.1 Å². The summed E-state index contributed by atoms with van der Waals surface area (Å²) in [6.07, 6.45) is -3.47. The zero-order chi connectivity index (χ0) is 14.4. The summed E-state index contributed by atoms with van der Waals surface area (Å²) in [5.41, 5.74) is -0.112. The van der Waals surface area contributed by atoms with Crippen LogP contribution in [0.15, 0.2) is 42.6 Å². The lowest BCUT2D eigenvalue weighted by Crippen LogP contribution is -2.14. The van der Waals surface area contributed by atoms with Gasteiger partial charge >= 0.3 is 12.2 Å². The lowest BCUT2D eigenvalue weighted by atomic mass is 10.3. The molecule has 0 aliphatic heterocycles. The largest absolute Gasteiger partial charge is 0.462 e. The summed E-state index contributed by atoms with van der Waals surface area (Å²) >= 11 is 0. The van der Waals surface area contributed by atoms with Crippen LogP contribution in [-0.2, 0) is 6.18 Å². The van der Waals surface area contributed by atoms with Gasteiger partial charge in [0.2, 0.25) is 0 Å². The van der Waals surface area contributed by atoms with Crippen molar-refractivity contribution in [3.05, 3.63) is 48.3 Å². The van der Waals surface area contributed by atoms with E-state index in [1.54, 1.807) is 0 Å². The number of benzene rings is 1. The van der Waals surface area contributed by atoms with Crippen LogP contribution in [0.1, 0.15) is 5.69 Å². The summed E-state index contributed by atoms with van der Waals surface area (Å²) in [4.78, 5) is 6.94. The molecule has 1 N–H and O–H groups in total. The quantitative estimate of drug-likeness (QED) is 0.857. The van der Waals surface area contributed by atoms with Gasteiger partial charge in [0.1, 0.15) is 6.61 Å². The molecule has 0 fully saturated rings. The predicted molar refractivity (Wildman–Crippen MR) is 67.5 cm³/mol. The Bertz CT molecular complexity index is 546. The molecule has 4 nitrogen and oxygen atoms in total. The standard InChI is InChI=1S/C13H12F3N3O/c14-13(15,16)11-6-7-18-12(19-11)20-9-8-17-10-4-2-1-3-5-10/h1-7,17H,8-9H2. The number of hydrogen-bond acceptors (Lipinski definition) is 4. The first-order chi connectivity index (χ1) is 9.55.